The molecule has 0 aliphatic carbocycles. The summed E-state index contributed by atoms with van der Waals surface area (Å²) in [6.07, 6.45) is 1.44. The molecule has 0 spiro atoms. The molecule has 0 unspecified atom stereocenters. The van der Waals surface area contributed by atoms with Crippen LogP contribution in [0.2, 0.25) is 0 Å². The predicted molar refractivity (Wildman–Crippen MR) is 107 cm³/mol. The number of ether oxygens (including phenoxy) is 2. The van der Waals surface area contributed by atoms with Crippen LogP contribution in [-0.4, -0.2) is 32.6 Å². The van der Waals surface area contributed by atoms with Crippen LogP contribution in [0.4, 0.5) is 11.5 Å². The molecule has 8 nitrogen and oxygen atoms in total. The summed E-state index contributed by atoms with van der Waals surface area (Å²) in [4.78, 5) is 8.54. The number of methoxy groups -OCH3 is 2. The highest BCUT2D eigenvalue weighted by atomic mass is 32.2. The average molecular weight is 400 g/mol. The Morgan fingerprint density at radius 2 is 1.82 bits per heavy atom. The molecule has 0 amide bonds. The summed E-state index contributed by atoms with van der Waals surface area (Å²) in [5.41, 5.74) is 2.67. The summed E-state index contributed by atoms with van der Waals surface area (Å²) in [5, 5.41) is 8.26. The van der Waals surface area contributed by atoms with E-state index in [1.165, 1.54) is 6.33 Å². The first-order valence-electron chi connectivity index (χ1n) is 8.29. The molecule has 0 saturated heterocycles. The summed E-state index contributed by atoms with van der Waals surface area (Å²) < 4.78 is 33.4. The number of benzene rings is 2. The van der Waals surface area contributed by atoms with Crippen molar-refractivity contribution in [2.24, 2.45) is 5.14 Å². The number of anilines is 2. The molecule has 2 aromatic carbocycles. The first kappa shape index (κ1) is 19.6. The van der Waals surface area contributed by atoms with Gasteiger partial charge in [0, 0.05) is 17.3 Å². The van der Waals surface area contributed by atoms with Gasteiger partial charge in [0.15, 0.2) is 11.5 Å². The van der Waals surface area contributed by atoms with E-state index in [-0.39, 0.29) is 5.75 Å². The highest BCUT2D eigenvalue weighted by Gasteiger charge is 2.13. The minimum Gasteiger partial charge on any atom is -0.493 e. The monoisotopic (exact) mass is 400 g/mol. The Morgan fingerprint density at radius 1 is 1.04 bits per heavy atom. The lowest BCUT2D eigenvalue weighted by atomic mass is 10.1. The Kier molecular flexibility index (Phi) is 5.76. The van der Waals surface area contributed by atoms with E-state index in [2.05, 4.69) is 15.3 Å². The highest BCUT2D eigenvalue weighted by molar-refractivity contribution is 7.88. The van der Waals surface area contributed by atoms with Crippen LogP contribution in [0.5, 0.6) is 11.5 Å². The molecule has 0 atom stereocenters. The lowest BCUT2D eigenvalue weighted by molar-refractivity contribution is 0.356. The standard InChI is InChI=1S/C19H20N4O4S/c1-26-17-8-4-7-15(19(17)27-2)16-10-18(22-12-21-16)23-14-6-3-5-13(9-14)11-28(20,24)25/h3-10,12H,11H2,1-2H3,(H2,20,24,25)(H,21,22,23). The quantitative estimate of drug-likeness (QED) is 0.626. The number of para-hydroxylation sites is 1. The number of rotatable bonds is 7. The second kappa shape index (κ2) is 8.24. The van der Waals surface area contributed by atoms with Gasteiger partial charge in [0.1, 0.15) is 12.1 Å². The lowest BCUT2D eigenvalue weighted by Gasteiger charge is -2.13. The fourth-order valence-corrected chi connectivity index (χ4v) is 3.43. The van der Waals surface area contributed by atoms with Crippen molar-refractivity contribution in [2.75, 3.05) is 19.5 Å². The summed E-state index contributed by atoms with van der Waals surface area (Å²) in [5.74, 6) is 1.48. The van der Waals surface area contributed by atoms with Crippen LogP contribution in [0, 0.1) is 0 Å². The van der Waals surface area contributed by atoms with Gasteiger partial charge in [-0.25, -0.2) is 23.5 Å². The Morgan fingerprint density at radius 3 is 2.54 bits per heavy atom. The maximum Gasteiger partial charge on any atom is 0.213 e. The molecule has 1 heterocycles. The lowest BCUT2D eigenvalue weighted by Crippen LogP contribution is -2.14. The second-order valence-corrected chi connectivity index (χ2v) is 7.58. The molecule has 0 bridgehead atoms. The number of nitrogens with zero attached hydrogens (tertiary/aromatic N) is 2. The van der Waals surface area contributed by atoms with Gasteiger partial charge in [0.25, 0.3) is 0 Å². The van der Waals surface area contributed by atoms with E-state index >= 15 is 0 Å². The van der Waals surface area contributed by atoms with Crippen molar-refractivity contribution in [1.82, 2.24) is 9.97 Å². The predicted octanol–water partition coefficient (Wildman–Crippen LogP) is 2.69. The van der Waals surface area contributed by atoms with Crippen LogP contribution in [0.3, 0.4) is 0 Å². The largest absolute Gasteiger partial charge is 0.493 e. The third-order valence-corrected chi connectivity index (χ3v) is 4.65. The topological polar surface area (TPSA) is 116 Å². The number of hydrogen-bond acceptors (Lipinski definition) is 7. The number of nitrogens with one attached hydrogen (secondary N) is 1. The number of primary sulfonamides is 1. The molecule has 0 radical (unpaired) electrons. The van der Waals surface area contributed by atoms with E-state index in [1.807, 2.05) is 12.1 Å². The molecule has 3 N–H and O–H groups in total. The Bertz CT molecular complexity index is 1090. The molecule has 0 saturated carbocycles. The third kappa shape index (κ3) is 4.76. The average Bonchev–Trinajstić information content (AvgIpc) is 2.66. The van der Waals surface area contributed by atoms with E-state index in [0.29, 0.717) is 34.3 Å². The Hall–Kier alpha value is -3.17. The molecule has 28 heavy (non-hydrogen) atoms. The smallest absolute Gasteiger partial charge is 0.213 e. The number of sulfonamides is 1. The van der Waals surface area contributed by atoms with Crippen LogP contribution in [0.15, 0.2) is 54.9 Å². The van der Waals surface area contributed by atoms with Gasteiger partial charge in [0.2, 0.25) is 10.0 Å². The van der Waals surface area contributed by atoms with Crippen LogP contribution >= 0.6 is 0 Å². The molecule has 3 rings (SSSR count). The fourth-order valence-electron chi connectivity index (χ4n) is 2.78. The number of hydrogen-bond donors (Lipinski definition) is 2. The molecule has 3 aromatic rings. The molecule has 1 aromatic heterocycles. The Balaban J connectivity index is 1.90. The van der Waals surface area contributed by atoms with Gasteiger partial charge in [0.05, 0.1) is 25.7 Å². The van der Waals surface area contributed by atoms with Crippen molar-refractivity contribution in [3.63, 3.8) is 0 Å². The van der Waals surface area contributed by atoms with Crippen LogP contribution in [0.1, 0.15) is 5.56 Å². The summed E-state index contributed by atoms with van der Waals surface area (Å²) >= 11 is 0. The van der Waals surface area contributed by atoms with Crippen LogP contribution in [0.25, 0.3) is 11.3 Å². The molecule has 9 heteroatoms. The highest BCUT2D eigenvalue weighted by Crippen LogP contribution is 2.37. The zero-order chi connectivity index (χ0) is 20.1. The van der Waals surface area contributed by atoms with E-state index in [4.69, 9.17) is 14.6 Å². The van der Waals surface area contributed by atoms with Crippen molar-refractivity contribution >= 4 is 21.5 Å². The van der Waals surface area contributed by atoms with Crippen LogP contribution in [-0.2, 0) is 15.8 Å². The minimum atomic E-state index is -3.60. The fraction of sp³-hybridized carbons (Fsp3) is 0.158. The van der Waals surface area contributed by atoms with Gasteiger partial charge in [-0.1, -0.05) is 18.2 Å². The first-order chi connectivity index (χ1) is 13.4. The van der Waals surface area contributed by atoms with Gasteiger partial charge in [-0.2, -0.15) is 0 Å². The van der Waals surface area contributed by atoms with Crippen LogP contribution < -0.4 is 19.9 Å². The van der Waals surface area contributed by atoms with Crippen molar-refractivity contribution < 1.29 is 17.9 Å². The number of nitrogens with two attached hydrogens (primary N) is 1. The maximum absolute atomic E-state index is 11.3. The van der Waals surface area contributed by atoms with E-state index in [9.17, 15) is 8.42 Å². The van der Waals surface area contributed by atoms with Crippen molar-refractivity contribution in [1.29, 1.82) is 0 Å². The normalized spacial score (nSPS) is 11.1. The molecular formula is C19H20N4O4S. The van der Waals surface area contributed by atoms with Gasteiger partial charge < -0.3 is 14.8 Å². The summed E-state index contributed by atoms with van der Waals surface area (Å²) in [6, 6.07) is 14.3. The zero-order valence-corrected chi connectivity index (χ0v) is 16.2. The van der Waals surface area contributed by atoms with Gasteiger partial charge in [-0.3, -0.25) is 0 Å². The molecule has 0 aliphatic heterocycles. The zero-order valence-electron chi connectivity index (χ0n) is 15.4. The first-order valence-corrected chi connectivity index (χ1v) is 10.0. The van der Waals surface area contributed by atoms with E-state index in [0.717, 1.165) is 5.56 Å². The number of aromatic nitrogens is 2. The molecule has 0 fully saturated rings. The Labute approximate surface area is 163 Å². The minimum absolute atomic E-state index is 0.238. The van der Waals surface area contributed by atoms with Gasteiger partial charge in [-0.15, -0.1) is 0 Å². The molecule has 0 aliphatic rings. The van der Waals surface area contributed by atoms with Gasteiger partial charge >= 0.3 is 0 Å². The van der Waals surface area contributed by atoms with Crippen molar-refractivity contribution in [3.05, 3.63) is 60.4 Å². The third-order valence-electron chi connectivity index (χ3n) is 3.91. The second-order valence-electron chi connectivity index (χ2n) is 5.96. The SMILES string of the molecule is COc1cccc(-c2cc(Nc3cccc(CS(N)(=O)=O)c3)ncn2)c1OC. The van der Waals surface area contributed by atoms with E-state index < -0.39 is 10.0 Å². The summed E-state index contributed by atoms with van der Waals surface area (Å²) in [7, 11) is -0.462. The molecule has 146 valence electrons. The maximum atomic E-state index is 11.3. The van der Waals surface area contributed by atoms with Crippen molar-refractivity contribution in [3.8, 4) is 22.8 Å². The van der Waals surface area contributed by atoms with Crippen molar-refractivity contribution in [2.45, 2.75) is 5.75 Å². The molecular weight excluding hydrogens is 380 g/mol. The van der Waals surface area contributed by atoms with Gasteiger partial charge in [-0.05, 0) is 29.8 Å². The summed E-state index contributed by atoms with van der Waals surface area (Å²) in [6.45, 7) is 0. The van der Waals surface area contributed by atoms with E-state index in [1.54, 1.807) is 50.6 Å².